The number of nitrogens with zero attached hydrogens (tertiary/aromatic N) is 4. The quantitative estimate of drug-likeness (QED) is 0.634. The van der Waals surface area contributed by atoms with Crippen LogP contribution >= 0.6 is 0 Å². The maximum absolute atomic E-state index is 13.4. The number of rotatable bonds is 4. The molecule has 2 aromatic heterocycles. The number of hydrogen-bond acceptors (Lipinski definition) is 4. The zero-order valence-electron chi connectivity index (χ0n) is 18.5. The van der Waals surface area contributed by atoms with Crippen LogP contribution in [0.25, 0.3) is 10.8 Å². The molecule has 0 spiro atoms. The molecule has 0 aliphatic carbocycles. The minimum Gasteiger partial charge on any atom is -0.341 e. The molecule has 2 bridgehead atoms. The van der Waals surface area contributed by atoms with E-state index >= 15 is 0 Å². The first-order valence-electron chi connectivity index (χ1n) is 11.4. The molecule has 3 aromatic rings. The monoisotopic (exact) mass is 432 g/mol. The predicted molar refractivity (Wildman–Crippen MR) is 123 cm³/mol. The normalized spacial score (nSPS) is 19.9. The second-order valence-electron chi connectivity index (χ2n) is 9.55. The minimum atomic E-state index is -0.111. The van der Waals surface area contributed by atoms with Crippen molar-refractivity contribution in [3.63, 3.8) is 0 Å². The van der Waals surface area contributed by atoms with Crippen LogP contribution in [-0.2, 0) is 24.3 Å². The molecule has 0 unspecified atom stereocenters. The number of carbonyl (C=O) groups is 1. The van der Waals surface area contributed by atoms with Crippen molar-refractivity contribution in [2.75, 3.05) is 13.1 Å². The van der Waals surface area contributed by atoms with E-state index in [0.29, 0.717) is 37.3 Å². The maximum atomic E-state index is 13.4. The third kappa shape index (κ3) is 3.66. The van der Waals surface area contributed by atoms with Crippen LogP contribution in [0.4, 0.5) is 0 Å². The molecule has 4 heterocycles. The third-order valence-corrected chi connectivity index (χ3v) is 6.63. The van der Waals surface area contributed by atoms with E-state index in [1.54, 1.807) is 6.07 Å². The van der Waals surface area contributed by atoms with Crippen molar-refractivity contribution in [3.05, 3.63) is 74.6 Å². The van der Waals surface area contributed by atoms with Crippen LogP contribution in [0.3, 0.4) is 0 Å². The van der Waals surface area contributed by atoms with Crippen LogP contribution in [0, 0.1) is 11.8 Å². The van der Waals surface area contributed by atoms with E-state index in [9.17, 15) is 14.4 Å². The predicted octanol–water partition coefficient (Wildman–Crippen LogP) is 2.40. The Hall–Kier alpha value is -3.22. The summed E-state index contributed by atoms with van der Waals surface area (Å²) in [5.74, 6) is 0.763. The van der Waals surface area contributed by atoms with Gasteiger partial charge in [-0.3, -0.25) is 14.4 Å². The van der Waals surface area contributed by atoms with Crippen molar-refractivity contribution in [1.29, 1.82) is 0 Å². The van der Waals surface area contributed by atoms with E-state index < -0.39 is 0 Å². The molecule has 1 fully saturated rings. The second kappa shape index (κ2) is 8.04. The smallest absolute Gasteiger partial charge is 0.274 e. The van der Waals surface area contributed by atoms with Gasteiger partial charge in [0.1, 0.15) is 0 Å². The molecule has 2 atom stereocenters. The molecule has 0 radical (unpaired) electrons. The highest BCUT2D eigenvalue weighted by Crippen LogP contribution is 2.35. The van der Waals surface area contributed by atoms with Gasteiger partial charge in [-0.25, -0.2) is 4.68 Å². The van der Waals surface area contributed by atoms with Crippen LogP contribution in [-0.4, -0.2) is 38.2 Å². The molecule has 7 heteroatoms. The number of hydrogen-bond donors (Lipinski definition) is 0. The fraction of sp³-hybridized carbons (Fsp3) is 0.440. The molecule has 5 rings (SSSR count). The molecule has 0 saturated carbocycles. The Morgan fingerprint density at radius 1 is 1.03 bits per heavy atom. The van der Waals surface area contributed by atoms with Crippen molar-refractivity contribution in [2.24, 2.45) is 11.8 Å². The van der Waals surface area contributed by atoms with Gasteiger partial charge in [0.2, 0.25) is 5.91 Å². The van der Waals surface area contributed by atoms with Crippen LogP contribution in [0.2, 0.25) is 0 Å². The van der Waals surface area contributed by atoms with Gasteiger partial charge in [0, 0.05) is 49.2 Å². The van der Waals surface area contributed by atoms with Gasteiger partial charge in [-0.15, -0.1) is 0 Å². The third-order valence-electron chi connectivity index (χ3n) is 6.63. The molecule has 1 amide bonds. The number of benzene rings is 1. The molecule has 0 N–H and O–H groups in total. The molecule has 1 aromatic carbocycles. The zero-order valence-corrected chi connectivity index (χ0v) is 18.5. The number of pyridine rings is 1. The lowest BCUT2D eigenvalue weighted by Crippen LogP contribution is -2.49. The largest absolute Gasteiger partial charge is 0.341 e. The Bertz CT molecular complexity index is 1310. The molecule has 32 heavy (non-hydrogen) atoms. The summed E-state index contributed by atoms with van der Waals surface area (Å²) >= 11 is 0. The van der Waals surface area contributed by atoms with Crippen LogP contribution in [0.5, 0.6) is 0 Å². The van der Waals surface area contributed by atoms with Gasteiger partial charge in [-0.1, -0.05) is 38.1 Å². The average molecular weight is 433 g/mol. The fourth-order valence-electron chi connectivity index (χ4n) is 5.26. The van der Waals surface area contributed by atoms with Gasteiger partial charge in [0.15, 0.2) is 0 Å². The fourth-order valence-corrected chi connectivity index (χ4v) is 5.26. The van der Waals surface area contributed by atoms with Gasteiger partial charge in [-0.05, 0) is 30.4 Å². The highest BCUT2D eigenvalue weighted by Gasteiger charge is 2.36. The average Bonchev–Trinajstić information content (AvgIpc) is 2.77. The number of amides is 1. The first-order valence-corrected chi connectivity index (χ1v) is 11.4. The summed E-state index contributed by atoms with van der Waals surface area (Å²) in [6, 6.07) is 12.8. The van der Waals surface area contributed by atoms with Crippen LogP contribution < -0.4 is 11.1 Å². The standard InChI is InChI=1S/C25H28N4O3/c1-16(2)12-29-25(32)20-7-4-3-6-19(20)21(26-29)11-24(31)27-13-17-10-18(15-27)22-8-5-9-23(30)28(22)14-17/h3-9,16-18H,10-15H2,1-2H3/t17-,18+/m1/s1. The number of likely N-dealkylation sites (tertiary alicyclic amines) is 1. The van der Waals surface area contributed by atoms with Crippen molar-refractivity contribution in [3.8, 4) is 0 Å². The summed E-state index contributed by atoms with van der Waals surface area (Å²) in [6.45, 7) is 6.54. The van der Waals surface area contributed by atoms with E-state index in [0.717, 1.165) is 17.5 Å². The van der Waals surface area contributed by atoms with Crippen molar-refractivity contribution < 1.29 is 4.79 Å². The van der Waals surface area contributed by atoms with Crippen LogP contribution in [0.1, 0.15) is 37.6 Å². The topological polar surface area (TPSA) is 77.2 Å². The van der Waals surface area contributed by atoms with E-state index in [4.69, 9.17) is 0 Å². The Kier molecular flexibility index (Phi) is 5.19. The summed E-state index contributed by atoms with van der Waals surface area (Å²) in [7, 11) is 0. The number of fused-ring (bicyclic) bond motifs is 5. The molecular weight excluding hydrogens is 404 g/mol. The summed E-state index contributed by atoms with van der Waals surface area (Å²) in [5, 5.41) is 5.96. The summed E-state index contributed by atoms with van der Waals surface area (Å²) in [6.07, 6.45) is 1.17. The maximum Gasteiger partial charge on any atom is 0.274 e. The van der Waals surface area contributed by atoms with Crippen LogP contribution in [0.15, 0.2) is 52.1 Å². The van der Waals surface area contributed by atoms with Crippen molar-refractivity contribution >= 4 is 16.7 Å². The first kappa shape index (κ1) is 20.7. The zero-order chi connectivity index (χ0) is 22.4. The molecule has 2 aliphatic rings. The Balaban J connectivity index is 1.44. The van der Waals surface area contributed by atoms with E-state index in [1.165, 1.54) is 4.68 Å². The summed E-state index contributed by atoms with van der Waals surface area (Å²) < 4.78 is 3.38. The molecule has 2 aliphatic heterocycles. The molecule has 1 saturated heterocycles. The molecular formula is C25H28N4O3. The van der Waals surface area contributed by atoms with E-state index in [2.05, 4.69) is 5.10 Å². The van der Waals surface area contributed by atoms with Crippen molar-refractivity contribution in [2.45, 2.75) is 45.7 Å². The number of carbonyl (C=O) groups excluding carboxylic acids is 1. The van der Waals surface area contributed by atoms with E-state index in [1.807, 2.05) is 59.7 Å². The summed E-state index contributed by atoms with van der Waals surface area (Å²) in [5.41, 5.74) is 1.61. The van der Waals surface area contributed by atoms with Gasteiger partial charge in [0.25, 0.3) is 11.1 Å². The summed E-state index contributed by atoms with van der Waals surface area (Å²) in [4.78, 5) is 40.4. The Morgan fingerprint density at radius 3 is 2.59 bits per heavy atom. The lowest BCUT2D eigenvalue weighted by Gasteiger charge is -2.42. The lowest BCUT2D eigenvalue weighted by atomic mass is 9.83. The molecule has 7 nitrogen and oxygen atoms in total. The second-order valence-corrected chi connectivity index (χ2v) is 9.55. The minimum absolute atomic E-state index is 0.0267. The highest BCUT2D eigenvalue weighted by molar-refractivity contribution is 5.88. The highest BCUT2D eigenvalue weighted by atomic mass is 16.2. The van der Waals surface area contributed by atoms with E-state index in [-0.39, 0.29) is 41.2 Å². The van der Waals surface area contributed by atoms with Gasteiger partial charge in [-0.2, -0.15) is 5.10 Å². The molecule has 166 valence electrons. The van der Waals surface area contributed by atoms with Gasteiger partial charge in [0.05, 0.1) is 17.5 Å². The van der Waals surface area contributed by atoms with Gasteiger partial charge < -0.3 is 9.47 Å². The Morgan fingerprint density at radius 2 is 1.81 bits per heavy atom. The number of aromatic nitrogens is 3. The first-order chi connectivity index (χ1) is 15.4. The Labute approximate surface area is 186 Å². The lowest BCUT2D eigenvalue weighted by molar-refractivity contribution is -0.133. The van der Waals surface area contributed by atoms with Gasteiger partial charge >= 0.3 is 0 Å². The number of piperidine rings is 1. The SMILES string of the molecule is CC(C)Cn1nc(CC(=O)N2C[C@H]3C[C@@H](C2)c2cccc(=O)n2C3)c2ccccc2c1=O. The van der Waals surface area contributed by atoms with Crippen molar-refractivity contribution in [1.82, 2.24) is 19.2 Å².